The number of carbonyl (C=O) groups excluding carboxylic acids is 1. The van der Waals surface area contributed by atoms with E-state index < -0.39 is 4.92 Å². The van der Waals surface area contributed by atoms with Gasteiger partial charge >= 0.3 is 0 Å². The van der Waals surface area contributed by atoms with Crippen LogP contribution in [0.15, 0.2) is 18.2 Å². The second kappa shape index (κ2) is 4.97. The molecule has 1 aromatic rings. The van der Waals surface area contributed by atoms with E-state index in [0.29, 0.717) is 24.2 Å². The molecule has 19 heavy (non-hydrogen) atoms. The third-order valence-corrected chi connectivity index (χ3v) is 3.69. The molecule has 1 amide bonds. The van der Waals surface area contributed by atoms with Gasteiger partial charge in [0.15, 0.2) is 0 Å². The standard InChI is InChI=1S/C13H17N3O3/c1-8-6-15(7-11(8)14)13(17)10-4-3-5-12(9(10)2)16(18)19/h3-5,8,11H,6-7,14H2,1-2H3. The van der Waals surface area contributed by atoms with Crippen molar-refractivity contribution in [2.75, 3.05) is 13.1 Å². The van der Waals surface area contributed by atoms with Gasteiger partial charge in [0.05, 0.1) is 4.92 Å². The number of hydrogen-bond acceptors (Lipinski definition) is 4. The van der Waals surface area contributed by atoms with Crippen LogP contribution in [0.5, 0.6) is 0 Å². The van der Waals surface area contributed by atoms with Crippen molar-refractivity contribution in [3.63, 3.8) is 0 Å². The van der Waals surface area contributed by atoms with Crippen LogP contribution in [0.4, 0.5) is 5.69 Å². The third kappa shape index (κ3) is 2.44. The Morgan fingerprint density at radius 2 is 2.16 bits per heavy atom. The molecule has 2 rings (SSSR count). The van der Waals surface area contributed by atoms with E-state index in [2.05, 4.69) is 0 Å². The lowest BCUT2D eigenvalue weighted by molar-refractivity contribution is -0.385. The maximum absolute atomic E-state index is 12.4. The number of rotatable bonds is 2. The SMILES string of the molecule is Cc1c(C(=O)N2CC(C)C(N)C2)cccc1[N+](=O)[O-]. The molecule has 2 N–H and O–H groups in total. The lowest BCUT2D eigenvalue weighted by Gasteiger charge is -2.17. The Morgan fingerprint density at radius 3 is 2.68 bits per heavy atom. The number of carbonyl (C=O) groups is 1. The van der Waals surface area contributed by atoms with Crippen molar-refractivity contribution in [3.8, 4) is 0 Å². The zero-order valence-electron chi connectivity index (χ0n) is 11.0. The highest BCUT2D eigenvalue weighted by atomic mass is 16.6. The van der Waals surface area contributed by atoms with Gasteiger partial charge in [0, 0.05) is 36.3 Å². The zero-order valence-corrected chi connectivity index (χ0v) is 11.0. The highest BCUT2D eigenvalue weighted by molar-refractivity contribution is 5.96. The minimum absolute atomic E-state index is 0.0250. The van der Waals surface area contributed by atoms with Crippen LogP contribution in [0, 0.1) is 23.0 Å². The molecule has 1 aliphatic heterocycles. The fourth-order valence-electron chi connectivity index (χ4n) is 2.38. The minimum atomic E-state index is -0.468. The van der Waals surface area contributed by atoms with Crippen molar-refractivity contribution < 1.29 is 9.72 Å². The number of nitro groups is 1. The summed E-state index contributed by atoms with van der Waals surface area (Å²) in [5, 5.41) is 10.9. The van der Waals surface area contributed by atoms with E-state index in [1.807, 2.05) is 6.92 Å². The first-order chi connectivity index (χ1) is 8.91. The van der Waals surface area contributed by atoms with Crippen LogP contribution in [-0.4, -0.2) is 34.9 Å². The summed E-state index contributed by atoms with van der Waals surface area (Å²) in [5.41, 5.74) is 6.67. The molecule has 0 aromatic heterocycles. The summed E-state index contributed by atoms with van der Waals surface area (Å²) >= 11 is 0. The van der Waals surface area contributed by atoms with Crippen LogP contribution in [0.2, 0.25) is 0 Å². The molecule has 0 spiro atoms. The first-order valence-electron chi connectivity index (χ1n) is 6.20. The number of benzene rings is 1. The molecule has 6 heteroatoms. The Balaban J connectivity index is 2.30. The second-order valence-electron chi connectivity index (χ2n) is 5.06. The van der Waals surface area contributed by atoms with Gasteiger partial charge in [-0.05, 0) is 18.9 Å². The van der Waals surface area contributed by atoms with E-state index >= 15 is 0 Å². The molecule has 0 radical (unpaired) electrons. The molecule has 1 fully saturated rings. The van der Waals surface area contributed by atoms with Gasteiger partial charge in [0.25, 0.3) is 11.6 Å². The van der Waals surface area contributed by atoms with Crippen molar-refractivity contribution in [3.05, 3.63) is 39.4 Å². The largest absolute Gasteiger partial charge is 0.337 e. The van der Waals surface area contributed by atoms with Gasteiger partial charge in [-0.3, -0.25) is 14.9 Å². The van der Waals surface area contributed by atoms with Crippen LogP contribution in [0.3, 0.4) is 0 Å². The summed E-state index contributed by atoms with van der Waals surface area (Å²) in [6.07, 6.45) is 0. The van der Waals surface area contributed by atoms with E-state index in [4.69, 9.17) is 5.73 Å². The van der Waals surface area contributed by atoms with Crippen LogP contribution in [0.25, 0.3) is 0 Å². The monoisotopic (exact) mass is 263 g/mol. The quantitative estimate of drug-likeness (QED) is 0.643. The van der Waals surface area contributed by atoms with Gasteiger partial charge in [-0.1, -0.05) is 13.0 Å². The van der Waals surface area contributed by atoms with Gasteiger partial charge in [-0.15, -0.1) is 0 Å². The Kier molecular flexibility index (Phi) is 3.53. The van der Waals surface area contributed by atoms with E-state index in [9.17, 15) is 14.9 Å². The van der Waals surface area contributed by atoms with Crippen LogP contribution in [0.1, 0.15) is 22.8 Å². The van der Waals surface area contributed by atoms with Gasteiger partial charge in [0.1, 0.15) is 0 Å². The van der Waals surface area contributed by atoms with Gasteiger partial charge in [0.2, 0.25) is 0 Å². The van der Waals surface area contributed by atoms with Crippen LogP contribution >= 0.6 is 0 Å². The van der Waals surface area contributed by atoms with Crippen molar-refractivity contribution in [1.29, 1.82) is 0 Å². The molecule has 0 saturated carbocycles. The highest BCUT2D eigenvalue weighted by Crippen LogP contribution is 2.24. The molecular formula is C13H17N3O3. The maximum Gasteiger partial charge on any atom is 0.273 e. The van der Waals surface area contributed by atoms with Gasteiger partial charge in [-0.25, -0.2) is 0 Å². The average molecular weight is 263 g/mol. The number of nitro benzene ring substituents is 1. The number of nitrogens with two attached hydrogens (primary N) is 1. The molecule has 102 valence electrons. The molecule has 1 aromatic carbocycles. The number of amides is 1. The Labute approximate surface area is 111 Å². The molecule has 2 unspecified atom stereocenters. The van der Waals surface area contributed by atoms with Gasteiger partial charge < -0.3 is 10.6 Å². The Bertz CT molecular complexity index is 520. The third-order valence-electron chi connectivity index (χ3n) is 3.69. The van der Waals surface area contributed by atoms with Crippen LogP contribution in [-0.2, 0) is 0 Å². The maximum atomic E-state index is 12.4. The highest BCUT2D eigenvalue weighted by Gasteiger charge is 2.31. The van der Waals surface area contributed by atoms with Crippen molar-refractivity contribution in [2.45, 2.75) is 19.9 Å². The Morgan fingerprint density at radius 1 is 1.47 bits per heavy atom. The van der Waals surface area contributed by atoms with E-state index in [0.717, 1.165) is 0 Å². The smallest absolute Gasteiger partial charge is 0.273 e. The van der Waals surface area contributed by atoms with Crippen LogP contribution < -0.4 is 5.73 Å². The van der Waals surface area contributed by atoms with E-state index in [1.165, 1.54) is 12.1 Å². The average Bonchev–Trinajstić information content (AvgIpc) is 2.69. The molecule has 1 saturated heterocycles. The fourth-order valence-corrected chi connectivity index (χ4v) is 2.38. The second-order valence-corrected chi connectivity index (χ2v) is 5.06. The summed E-state index contributed by atoms with van der Waals surface area (Å²) in [5.74, 6) is 0.0731. The lowest BCUT2D eigenvalue weighted by atomic mass is 10.1. The summed E-state index contributed by atoms with van der Waals surface area (Å²) < 4.78 is 0. The summed E-state index contributed by atoms with van der Waals surface area (Å²) in [7, 11) is 0. The Hall–Kier alpha value is -1.95. The molecule has 0 bridgehead atoms. The van der Waals surface area contributed by atoms with Gasteiger partial charge in [-0.2, -0.15) is 0 Å². The van der Waals surface area contributed by atoms with E-state index in [-0.39, 0.29) is 23.6 Å². The topological polar surface area (TPSA) is 89.5 Å². The normalized spacial score (nSPS) is 22.6. The molecule has 6 nitrogen and oxygen atoms in total. The predicted octanol–water partition coefficient (Wildman–Crippen LogP) is 1.32. The first kappa shape index (κ1) is 13.5. The van der Waals surface area contributed by atoms with Crippen molar-refractivity contribution >= 4 is 11.6 Å². The number of nitrogens with zero attached hydrogens (tertiary/aromatic N) is 2. The number of likely N-dealkylation sites (tertiary alicyclic amines) is 1. The summed E-state index contributed by atoms with van der Waals surface area (Å²) in [6, 6.07) is 4.55. The predicted molar refractivity (Wildman–Crippen MR) is 70.9 cm³/mol. The molecular weight excluding hydrogens is 246 g/mol. The van der Waals surface area contributed by atoms with Crippen molar-refractivity contribution in [2.24, 2.45) is 11.7 Å². The molecule has 1 heterocycles. The zero-order chi connectivity index (χ0) is 14.2. The molecule has 0 aliphatic carbocycles. The minimum Gasteiger partial charge on any atom is -0.337 e. The molecule has 1 aliphatic rings. The molecule has 2 atom stereocenters. The fraction of sp³-hybridized carbons (Fsp3) is 0.462. The summed E-state index contributed by atoms with van der Waals surface area (Å²) in [6.45, 7) is 4.70. The van der Waals surface area contributed by atoms with Crippen molar-refractivity contribution in [1.82, 2.24) is 4.90 Å². The number of hydrogen-bond donors (Lipinski definition) is 1. The lowest BCUT2D eigenvalue weighted by Crippen LogP contribution is -2.32. The first-order valence-corrected chi connectivity index (χ1v) is 6.20. The summed E-state index contributed by atoms with van der Waals surface area (Å²) in [4.78, 5) is 24.5. The van der Waals surface area contributed by atoms with E-state index in [1.54, 1.807) is 17.9 Å².